The number of anilines is 2. The van der Waals surface area contributed by atoms with Crippen molar-refractivity contribution < 1.29 is 9.90 Å². The van der Waals surface area contributed by atoms with Crippen LogP contribution in [0.15, 0.2) is 30.3 Å². The Morgan fingerprint density at radius 1 is 1.07 bits per heavy atom. The first kappa shape index (κ1) is 17.7. The number of nitrogens with one attached hydrogen (secondary N) is 1. The van der Waals surface area contributed by atoms with Crippen LogP contribution in [0.2, 0.25) is 0 Å². The van der Waals surface area contributed by atoms with Crippen LogP contribution < -0.4 is 11.1 Å². The van der Waals surface area contributed by atoms with E-state index in [1.807, 2.05) is 58.0 Å². The summed E-state index contributed by atoms with van der Waals surface area (Å²) in [5, 5.41) is 14.8. The molecular formula is C21H21N3O2S. The van der Waals surface area contributed by atoms with E-state index in [1.54, 1.807) is 0 Å². The third-order valence-electron chi connectivity index (χ3n) is 5.17. The molecule has 0 saturated heterocycles. The van der Waals surface area contributed by atoms with E-state index in [1.165, 1.54) is 0 Å². The summed E-state index contributed by atoms with van der Waals surface area (Å²) in [6, 6.07) is 9.79. The van der Waals surface area contributed by atoms with Gasteiger partial charge in [-0.2, -0.15) is 0 Å². The smallest absolute Gasteiger partial charge is 0.266 e. The number of hydrogen-bond donors (Lipinski definition) is 3. The van der Waals surface area contributed by atoms with Crippen LogP contribution in [0.25, 0.3) is 11.3 Å². The van der Waals surface area contributed by atoms with Gasteiger partial charge in [-0.1, -0.05) is 29.5 Å². The van der Waals surface area contributed by atoms with E-state index in [-0.39, 0.29) is 0 Å². The Kier molecular flexibility index (Phi) is 3.87. The van der Waals surface area contributed by atoms with Crippen LogP contribution in [0.4, 0.5) is 10.8 Å². The maximum atomic E-state index is 12.9. The fourth-order valence-corrected chi connectivity index (χ4v) is 4.70. The third kappa shape index (κ3) is 2.56. The summed E-state index contributed by atoms with van der Waals surface area (Å²) in [5.41, 5.74) is 10.9. The zero-order valence-electron chi connectivity index (χ0n) is 15.7. The molecule has 1 atom stereocenters. The topological polar surface area (TPSA) is 88.2 Å². The number of nitrogen functional groups attached to an aromatic ring is 1. The molecule has 5 nitrogen and oxygen atoms in total. The fraction of sp³-hybridized carbons (Fsp3) is 0.238. The number of nitrogens with zero attached hydrogens (tertiary/aromatic N) is 1. The zero-order chi connectivity index (χ0) is 19.5. The highest BCUT2D eigenvalue weighted by Crippen LogP contribution is 2.48. The Morgan fingerprint density at radius 3 is 2.52 bits per heavy atom. The Bertz CT molecular complexity index is 1100. The summed E-state index contributed by atoms with van der Waals surface area (Å²) in [7, 11) is 0. The maximum absolute atomic E-state index is 12.9. The van der Waals surface area contributed by atoms with Gasteiger partial charge in [0.05, 0.1) is 10.6 Å². The number of aromatic nitrogens is 1. The Hall–Kier alpha value is -2.70. The molecule has 0 bridgehead atoms. The molecule has 1 amide bonds. The highest BCUT2D eigenvalue weighted by molar-refractivity contribution is 7.16. The first-order valence-corrected chi connectivity index (χ1v) is 9.53. The summed E-state index contributed by atoms with van der Waals surface area (Å²) in [6.07, 6.45) is 0. The van der Waals surface area contributed by atoms with Gasteiger partial charge in [0.2, 0.25) is 5.60 Å². The summed E-state index contributed by atoms with van der Waals surface area (Å²) in [5.74, 6) is -0.472. The van der Waals surface area contributed by atoms with Gasteiger partial charge in [0.25, 0.3) is 5.91 Å². The minimum atomic E-state index is -1.81. The molecule has 2 aromatic carbocycles. The fourth-order valence-electron chi connectivity index (χ4n) is 3.76. The number of hydrogen-bond acceptors (Lipinski definition) is 5. The van der Waals surface area contributed by atoms with Crippen molar-refractivity contribution in [3.8, 4) is 11.3 Å². The van der Waals surface area contributed by atoms with Crippen LogP contribution in [0.1, 0.15) is 32.7 Å². The van der Waals surface area contributed by atoms with Crippen LogP contribution in [0.3, 0.4) is 0 Å². The highest BCUT2D eigenvalue weighted by Gasteiger charge is 2.51. The molecule has 0 radical (unpaired) electrons. The Labute approximate surface area is 161 Å². The maximum Gasteiger partial charge on any atom is 0.266 e. The van der Waals surface area contributed by atoms with Gasteiger partial charge in [-0.05, 0) is 62.1 Å². The van der Waals surface area contributed by atoms with Crippen molar-refractivity contribution in [1.82, 2.24) is 4.98 Å². The predicted octanol–water partition coefficient (Wildman–Crippen LogP) is 3.81. The van der Waals surface area contributed by atoms with Crippen molar-refractivity contribution in [2.45, 2.75) is 33.3 Å². The number of carbonyl (C=O) groups is 1. The number of benzene rings is 2. The number of nitrogens with two attached hydrogens (primary N) is 1. The van der Waals surface area contributed by atoms with Crippen LogP contribution in [0.5, 0.6) is 0 Å². The predicted molar refractivity (Wildman–Crippen MR) is 109 cm³/mol. The van der Waals surface area contributed by atoms with Gasteiger partial charge in [0, 0.05) is 16.8 Å². The summed E-state index contributed by atoms with van der Waals surface area (Å²) in [4.78, 5) is 17.8. The van der Waals surface area contributed by atoms with Crippen LogP contribution in [0, 0.1) is 27.7 Å². The molecule has 0 unspecified atom stereocenters. The van der Waals surface area contributed by atoms with Gasteiger partial charge < -0.3 is 16.2 Å². The second kappa shape index (κ2) is 5.90. The molecule has 4 rings (SSSR count). The Balaban J connectivity index is 1.98. The quantitative estimate of drug-likeness (QED) is 0.632. The van der Waals surface area contributed by atoms with Gasteiger partial charge in [-0.15, -0.1) is 0 Å². The third-order valence-corrected chi connectivity index (χ3v) is 6.16. The van der Waals surface area contributed by atoms with Gasteiger partial charge >= 0.3 is 0 Å². The molecule has 0 saturated carbocycles. The van der Waals surface area contributed by atoms with Gasteiger partial charge in [0.15, 0.2) is 5.13 Å². The molecule has 27 heavy (non-hydrogen) atoms. The number of thiazole rings is 1. The molecule has 0 aliphatic carbocycles. The molecule has 0 fully saturated rings. The summed E-state index contributed by atoms with van der Waals surface area (Å²) in [6.45, 7) is 7.92. The van der Waals surface area contributed by atoms with Crippen LogP contribution in [-0.2, 0) is 10.4 Å². The Morgan fingerprint density at radius 2 is 1.81 bits per heavy atom. The van der Waals surface area contributed by atoms with E-state index in [0.29, 0.717) is 27.0 Å². The summed E-state index contributed by atoms with van der Waals surface area (Å²) >= 11 is 1.15. The number of amides is 1. The number of fused-ring (bicyclic) bond motifs is 1. The molecule has 2 heterocycles. The second-order valence-corrected chi connectivity index (χ2v) is 8.23. The van der Waals surface area contributed by atoms with Gasteiger partial charge in [0.1, 0.15) is 0 Å². The minimum absolute atomic E-state index is 0.317. The van der Waals surface area contributed by atoms with E-state index >= 15 is 0 Å². The largest absolute Gasteiger partial charge is 0.375 e. The number of aliphatic hydroxyl groups is 1. The van der Waals surface area contributed by atoms with Gasteiger partial charge in [-0.3, -0.25) is 4.79 Å². The highest BCUT2D eigenvalue weighted by atomic mass is 32.1. The van der Waals surface area contributed by atoms with Crippen molar-refractivity contribution in [3.63, 3.8) is 0 Å². The van der Waals surface area contributed by atoms with E-state index < -0.39 is 11.5 Å². The number of carbonyl (C=O) groups excluding carboxylic acids is 1. The van der Waals surface area contributed by atoms with Crippen molar-refractivity contribution in [3.05, 3.63) is 63.0 Å². The molecule has 6 heteroatoms. The van der Waals surface area contributed by atoms with E-state index in [4.69, 9.17) is 5.73 Å². The SMILES string of the molecule is Cc1cc(C)c2c(c1)NC(=O)[C@@]2(O)c1sc(N)nc1-c1ccc(C)c(C)c1. The average molecular weight is 379 g/mol. The summed E-state index contributed by atoms with van der Waals surface area (Å²) < 4.78 is 0. The molecule has 3 aromatic rings. The number of aryl methyl sites for hydroxylation is 4. The molecule has 1 aromatic heterocycles. The molecular weight excluding hydrogens is 358 g/mol. The first-order valence-electron chi connectivity index (χ1n) is 8.71. The van der Waals surface area contributed by atoms with Crippen LogP contribution >= 0.6 is 11.3 Å². The lowest BCUT2D eigenvalue weighted by molar-refractivity contribution is -0.129. The second-order valence-electron chi connectivity index (χ2n) is 7.20. The van der Waals surface area contributed by atoms with E-state index in [0.717, 1.165) is 39.2 Å². The van der Waals surface area contributed by atoms with Gasteiger partial charge in [-0.25, -0.2) is 4.98 Å². The monoisotopic (exact) mass is 379 g/mol. The van der Waals surface area contributed by atoms with E-state index in [2.05, 4.69) is 10.3 Å². The molecule has 1 aliphatic rings. The molecule has 4 N–H and O–H groups in total. The van der Waals surface area contributed by atoms with Crippen molar-refractivity contribution in [1.29, 1.82) is 0 Å². The lowest BCUT2D eigenvalue weighted by atomic mass is 9.87. The van der Waals surface area contributed by atoms with Crippen LogP contribution in [-0.4, -0.2) is 16.0 Å². The lowest BCUT2D eigenvalue weighted by Gasteiger charge is -2.22. The van der Waals surface area contributed by atoms with E-state index in [9.17, 15) is 9.90 Å². The molecule has 1 aliphatic heterocycles. The normalized spacial score (nSPS) is 18.5. The average Bonchev–Trinajstić information content (AvgIpc) is 3.09. The molecule has 0 spiro atoms. The minimum Gasteiger partial charge on any atom is -0.375 e. The van der Waals surface area contributed by atoms with Crippen molar-refractivity contribution >= 4 is 28.1 Å². The standard InChI is InChI=1S/C21H21N3O2S/c1-10-7-13(4)16-15(8-10)23-19(25)21(16,26)18-17(24-20(22)27-18)14-6-5-11(2)12(3)9-14/h5-9,26H,1-4H3,(H2,22,24)(H,23,25)/t21-/m0/s1. The van der Waals surface area contributed by atoms with Crippen molar-refractivity contribution in [2.24, 2.45) is 0 Å². The number of rotatable bonds is 2. The zero-order valence-corrected chi connectivity index (χ0v) is 16.5. The lowest BCUT2D eigenvalue weighted by Crippen LogP contribution is -2.35. The first-order chi connectivity index (χ1) is 12.7. The van der Waals surface area contributed by atoms with Crippen molar-refractivity contribution in [2.75, 3.05) is 11.1 Å². The molecule has 138 valence electrons.